The number of nitrogens with one attached hydrogen (secondary N) is 1. The van der Waals surface area contributed by atoms with Gasteiger partial charge in [0.15, 0.2) is 0 Å². The van der Waals surface area contributed by atoms with Crippen molar-refractivity contribution < 1.29 is 9.18 Å². The Morgan fingerprint density at radius 2 is 1.64 bits per heavy atom. The van der Waals surface area contributed by atoms with Crippen LogP contribution in [0.5, 0.6) is 0 Å². The van der Waals surface area contributed by atoms with Gasteiger partial charge >= 0.3 is 0 Å². The molecule has 1 amide bonds. The van der Waals surface area contributed by atoms with Crippen LogP contribution in [0.1, 0.15) is 25.0 Å². The molecule has 2 aromatic carbocycles. The van der Waals surface area contributed by atoms with E-state index in [2.05, 4.69) is 5.32 Å². The van der Waals surface area contributed by atoms with Gasteiger partial charge in [0, 0.05) is 12.0 Å². The molecule has 0 aliphatic carbocycles. The second-order valence-electron chi connectivity index (χ2n) is 6.18. The zero-order valence-corrected chi connectivity index (χ0v) is 13.1. The lowest BCUT2D eigenvalue weighted by Crippen LogP contribution is -2.39. The van der Waals surface area contributed by atoms with Crippen LogP contribution >= 0.6 is 0 Å². The molecule has 0 radical (unpaired) electrons. The lowest BCUT2D eigenvalue weighted by molar-refractivity contribution is -0.129. The molecule has 2 rings (SSSR count). The Morgan fingerprint density at radius 3 is 2.27 bits per heavy atom. The molecule has 0 aliphatic rings. The first kappa shape index (κ1) is 16.2. The molecule has 22 heavy (non-hydrogen) atoms. The zero-order chi connectivity index (χ0) is 16.0. The van der Waals surface area contributed by atoms with E-state index in [1.807, 2.05) is 44.2 Å². The Kier molecular flexibility index (Phi) is 5.31. The molecule has 1 N–H and O–H groups in total. The molecule has 0 atom stereocenters. The molecule has 3 heteroatoms. The second-order valence-corrected chi connectivity index (χ2v) is 6.18. The predicted octanol–water partition coefficient (Wildman–Crippen LogP) is 3.75. The van der Waals surface area contributed by atoms with Gasteiger partial charge in [-0.2, -0.15) is 0 Å². The van der Waals surface area contributed by atoms with E-state index in [0.29, 0.717) is 19.4 Å². The number of carbonyl (C=O) groups is 1. The third-order valence-electron chi connectivity index (χ3n) is 3.72. The first-order valence-electron chi connectivity index (χ1n) is 7.54. The second kappa shape index (κ2) is 7.21. The molecule has 0 aromatic heterocycles. The maximum atomic E-state index is 12.8. The monoisotopic (exact) mass is 299 g/mol. The van der Waals surface area contributed by atoms with Gasteiger partial charge in [-0.25, -0.2) is 4.39 Å². The topological polar surface area (TPSA) is 29.1 Å². The minimum absolute atomic E-state index is 0.0402. The summed E-state index contributed by atoms with van der Waals surface area (Å²) in [6.45, 7) is 4.46. The minimum atomic E-state index is -0.454. The highest BCUT2D eigenvalue weighted by atomic mass is 19.1. The van der Waals surface area contributed by atoms with Gasteiger partial charge in [0.25, 0.3) is 0 Å². The number of hydrogen-bond acceptors (Lipinski definition) is 1. The van der Waals surface area contributed by atoms with E-state index in [4.69, 9.17) is 0 Å². The Morgan fingerprint density at radius 1 is 1.00 bits per heavy atom. The molecular weight excluding hydrogens is 277 g/mol. The van der Waals surface area contributed by atoms with Gasteiger partial charge in [-0.3, -0.25) is 4.79 Å². The van der Waals surface area contributed by atoms with Crippen molar-refractivity contribution in [3.8, 4) is 0 Å². The number of halogens is 1. The maximum Gasteiger partial charge on any atom is 0.226 e. The van der Waals surface area contributed by atoms with Crippen molar-refractivity contribution in [2.24, 2.45) is 5.41 Å². The van der Waals surface area contributed by atoms with Crippen LogP contribution in [0.25, 0.3) is 0 Å². The summed E-state index contributed by atoms with van der Waals surface area (Å²) in [6, 6.07) is 16.4. The summed E-state index contributed by atoms with van der Waals surface area (Å²) < 4.78 is 12.8. The number of carbonyl (C=O) groups excluding carboxylic acids is 1. The summed E-state index contributed by atoms with van der Waals surface area (Å²) in [5.74, 6) is -0.199. The van der Waals surface area contributed by atoms with Crippen LogP contribution in [0.3, 0.4) is 0 Å². The molecule has 116 valence electrons. The third kappa shape index (κ3) is 4.69. The van der Waals surface area contributed by atoms with Gasteiger partial charge < -0.3 is 5.32 Å². The smallest absolute Gasteiger partial charge is 0.226 e. The van der Waals surface area contributed by atoms with E-state index in [1.165, 1.54) is 12.1 Å². The van der Waals surface area contributed by atoms with Crippen molar-refractivity contribution in [3.05, 3.63) is 71.5 Å². The molecular formula is C19H22FNO. The summed E-state index contributed by atoms with van der Waals surface area (Å²) in [5, 5.41) is 2.97. The normalized spacial score (nSPS) is 11.2. The molecule has 0 unspecified atom stereocenters. The molecule has 0 saturated heterocycles. The molecule has 0 saturated carbocycles. The Hall–Kier alpha value is -2.16. The van der Waals surface area contributed by atoms with Gasteiger partial charge in [-0.05, 0) is 36.1 Å². The van der Waals surface area contributed by atoms with Crippen LogP contribution in [0.15, 0.2) is 54.6 Å². The predicted molar refractivity (Wildman–Crippen MR) is 87.0 cm³/mol. The fraction of sp³-hybridized carbons (Fsp3) is 0.316. The molecule has 2 nitrogen and oxygen atoms in total. The first-order valence-corrected chi connectivity index (χ1v) is 7.54. The Labute approximate surface area is 131 Å². The fourth-order valence-corrected chi connectivity index (χ4v) is 2.40. The largest absolute Gasteiger partial charge is 0.355 e. The third-order valence-corrected chi connectivity index (χ3v) is 3.72. The van der Waals surface area contributed by atoms with Crippen LogP contribution in [-0.2, 0) is 17.6 Å². The van der Waals surface area contributed by atoms with E-state index < -0.39 is 5.41 Å². The van der Waals surface area contributed by atoms with Crippen molar-refractivity contribution in [3.63, 3.8) is 0 Å². The zero-order valence-electron chi connectivity index (χ0n) is 13.1. The molecule has 0 heterocycles. The highest BCUT2D eigenvalue weighted by Gasteiger charge is 2.27. The van der Waals surface area contributed by atoms with Crippen molar-refractivity contribution in [2.75, 3.05) is 6.54 Å². The maximum absolute atomic E-state index is 12.8. The van der Waals surface area contributed by atoms with Gasteiger partial charge in [0.2, 0.25) is 5.91 Å². The van der Waals surface area contributed by atoms with Crippen LogP contribution in [0.2, 0.25) is 0 Å². The quantitative estimate of drug-likeness (QED) is 0.864. The van der Waals surface area contributed by atoms with E-state index in [1.54, 1.807) is 12.1 Å². The van der Waals surface area contributed by atoms with Crippen LogP contribution in [0.4, 0.5) is 4.39 Å². The van der Waals surface area contributed by atoms with E-state index in [0.717, 1.165) is 11.1 Å². The molecule has 0 fully saturated rings. The average Bonchev–Trinajstić information content (AvgIpc) is 2.49. The lowest BCUT2D eigenvalue weighted by atomic mass is 9.85. The number of benzene rings is 2. The van der Waals surface area contributed by atoms with Gasteiger partial charge in [0.05, 0.1) is 0 Å². The first-order chi connectivity index (χ1) is 10.5. The number of hydrogen-bond donors (Lipinski definition) is 1. The summed E-state index contributed by atoms with van der Waals surface area (Å²) in [6.07, 6.45) is 1.41. The van der Waals surface area contributed by atoms with Crippen LogP contribution < -0.4 is 5.32 Å². The van der Waals surface area contributed by atoms with Crippen molar-refractivity contribution in [1.82, 2.24) is 5.32 Å². The average molecular weight is 299 g/mol. The van der Waals surface area contributed by atoms with Gasteiger partial charge in [-0.15, -0.1) is 0 Å². The van der Waals surface area contributed by atoms with Crippen LogP contribution in [-0.4, -0.2) is 12.5 Å². The van der Waals surface area contributed by atoms with Gasteiger partial charge in [0.1, 0.15) is 5.82 Å². The van der Waals surface area contributed by atoms with Crippen molar-refractivity contribution >= 4 is 5.91 Å². The number of rotatable bonds is 6. The van der Waals surface area contributed by atoms with Gasteiger partial charge in [-0.1, -0.05) is 56.3 Å². The Balaban J connectivity index is 1.84. The summed E-state index contributed by atoms with van der Waals surface area (Å²) in [4.78, 5) is 12.3. The summed E-state index contributed by atoms with van der Waals surface area (Å²) >= 11 is 0. The molecule has 0 aliphatic heterocycles. The number of amides is 1. The Bertz CT molecular complexity index is 605. The molecule has 0 spiro atoms. The molecule has 0 bridgehead atoms. The van der Waals surface area contributed by atoms with E-state index in [-0.39, 0.29) is 11.7 Å². The minimum Gasteiger partial charge on any atom is -0.355 e. The SMILES string of the molecule is CC(C)(Cc1ccccc1)C(=O)NCCc1ccc(F)cc1. The molecule has 2 aromatic rings. The standard InChI is InChI=1S/C19H22FNO/c1-19(2,14-16-6-4-3-5-7-16)18(22)21-13-12-15-8-10-17(20)11-9-15/h3-11H,12-14H2,1-2H3,(H,21,22). The van der Waals surface area contributed by atoms with Crippen molar-refractivity contribution in [1.29, 1.82) is 0 Å². The highest BCUT2D eigenvalue weighted by Crippen LogP contribution is 2.21. The highest BCUT2D eigenvalue weighted by molar-refractivity contribution is 5.82. The lowest BCUT2D eigenvalue weighted by Gasteiger charge is -2.23. The van der Waals surface area contributed by atoms with E-state index >= 15 is 0 Å². The van der Waals surface area contributed by atoms with Crippen molar-refractivity contribution in [2.45, 2.75) is 26.7 Å². The summed E-state index contributed by atoms with van der Waals surface area (Å²) in [7, 11) is 0. The summed E-state index contributed by atoms with van der Waals surface area (Å²) in [5.41, 5.74) is 1.72. The fourth-order valence-electron chi connectivity index (χ4n) is 2.40. The van der Waals surface area contributed by atoms with E-state index in [9.17, 15) is 9.18 Å². The van der Waals surface area contributed by atoms with Crippen LogP contribution in [0, 0.1) is 11.2 Å².